The van der Waals surface area contributed by atoms with Crippen molar-refractivity contribution in [2.75, 3.05) is 23.3 Å². The standard InChI is InChI=1S/C24H27F2N7O/c1-14-7-21(28-13-27-14)32-11-15-4-5-16(12-32)22(15)29-24-30-23-20(3-2-6-33(23)31-24)34-19-9-17(25)8-18(26)10-19/h7-10,13,15-16,20,22H,2-6,11-12H2,1H3,(H,29,31)/t15-,16+,20-,22-/m0/s1. The van der Waals surface area contributed by atoms with E-state index in [0.29, 0.717) is 29.7 Å². The van der Waals surface area contributed by atoms with Crippen molar-refractivity contribution in [3.8, 4) is 5.75 Å². The van der Waals surface area contributed by atoms with Crippen LogP contribution in [0.25, 0.3) is 0 Å². The van der Waals surface area contributed by atoms with Crippen molar-refractivity contribution in [3.63, 3.8) is 0 Å². The molecule has 1 N–H and O–H groups in total. The van der Waals surface area contributed by atoms with E-state index < -0.39 is 17.7 Å². The Hall–Kier alpha value is -3.30. The van der Waals surface area contributed by atoms with Crippen LogP contribution in [0.4, 0.5) is 20.5 Å². The summed E-state index contributed by atoms with van der Waals surface area (Å²) in [4.78, 5) is 15.8. The van der Waals surface area contributed by atoms with E-state index in [0.717, 1.165) is 62.9 Å². The Labute approximate surface area is 196 Å². The fraction of sp³-hybridized carbons (Fsp3) is 0.500. The van der Waals surface area contributed by atoms with Gasteiger partial charge in [0.05, 0.1) is 0 Å². The summed E-state index contributed by atoms with van der Waals surface area (Å²) in [6.07, 6.45) is 5.14. The van der Waals surface area contributed by atoms with Crippen molar-refractivity contribution in [2.45, 2.75) is 51.3 Å². The summed E-state index contributed by atoms with van der Waals surface area (Å²) in [5.41, 5.74) is 0.975. The number of aryl methyl sites for hydroxylation is 2. The fourth-order valence-corrected chi connectivity index (χ4v) is 5.65. The molecule has 10 heteroatoms. The minimum atomic E-state index is -0.659. The van der Waals surface area contributed by atoms with E-state index in [2.05, 4.69) is 25.3 Å². The number of fused-ring (bicyclic) bond motifs is 3. The summed E-state index contributed by atoms with van der Waals surface area (Å²) in [7, 11) is 0. The van der Waals surface area contributed by atoms with Gasteiger partial charge in [0.1, 0.15) is 29.5 Å². The third-order valence-corrected chi connectivity index (χ3v) is 7.18. The van der Waals surface area contributed by atoms with E-state index in [1.807, 2.05) is 17.7 Å². The molecule has 8 nitrogen and oxygen atoms in total. The van der Waals surface area contributed by atoms with E-state index in [4.69, 9.17) is 9.72 Å². The predicted octanol–water partition coefficient (Wildman–Crippen LogP) is 3.90. The van der Waals surface area contributed by atoms with Gasteiger partial charge in [0.2, 0.25) is 5.95 Å². The minimum absolute atomic E-state index is 0.166. The van der Waals surface area contributed by atoms with Crippen molar-refractivity contribution in [2.24, 2.45) is 11.8 Å². The first-order chi connectivity index (χ1) is 16.5. The molecule has 1 saturated heterocycles. The summed E-state index contributed by atoms with van der Waals surface area (Å²) in [6.45, 7) is 4.62. The Morgan fingerprint density at radius 2 is 1.76 bits per heavy atom. The number of halogens is 2. The molecule has 178 valence electrons. The van der Waals surface area contributed by atoms with E-state index >= 15 is 0 Å². The topological polar surface area (TPSA) is 81.0 Å². The predicted molar refractivity (Wildman–Crippen MR) is 122 cm³/mol. The summed E-state index contributed by atoms with van der Waals surface area (Å²) < 4.78 is 35.0. The molecular formula is C24H27F2N7O. The zero-order valence-electron chi connectivity index (χ0n) is 19.0. The minimum Gasteiger partial charge on any atom is -0.482 e. The lowest BCUT2D eigenvalue weighted by Gasteiger charge is -2.38. The molecular weight excluding hydrogens is 440 g/mol. The number of aromatic nitrogens is 5. The van der Waals surface area contributed by atoms with Crippen LogP contribution >= 0.6 is 0 Å². The maximum absolute atomic E-state index is 13.6. The van der Waals surface area contributed by atoms with Gasteiger partial charge in [-0.1, -0.05) is 0 Å². The summed E-state index contributed by atoms with van der Waals surface area (Å²) in [5.74, 6) is 2.10. The van der Waals surface area contributed by atoms with Gasteiger partial charge in [-0.3, -0.25) is 0 Å². The highest BCUT2D eigenvalue weighted by Gasteiger charge is 2.43. The molecule has 1 aliphatic carbocycles. The molecule has 3 aliphatic rings. The highest BCUT2D eigenvalue weighted by molar-refractivity contribution is 5.41. The van der Waals surface area contributed by atoms with Crippen molar-refractivity contribution < 1.29 is 13.5 Å². The normalized spacial score (nSPS) is 25.8. The quantitative estimate of drug-likeness (QED) is 0.610. The SMILES string of the molecule is Cc1cc(N2C[C@H]3CC[C@@H](C2)[C@@H]3Nc2nc3n(n2)CCC[C@@H]3Oc2cc(F)cc(F)c2)ncn1. The Morgan fingerprint density at radius 1 is 1.00 bits per heavy atom. The lowest BCUT2D eigenvalue weighted by Crippen LogP contribution is -2.48. The Kier molecular flexibility index (Phi) is 5.30. The number of hydrogen-bond acceptors (Lipinski definition) is 7. The monoisotopic (exact) mass is 467 g/mol. The zero-order valence-corrected chi connectivity index (χ0v) is 19.0. The average Bonchev–Trinajstić information content (AvgIpc) is 3.30. The van der Waals surface area contributed by atoms with Crippen LogP contribution in [0.2, 0.25) is 0 Å². The van der Waals surface area contributed by atoms with Crippen molar-refractivity contribution in [3.05, 3.63) is 53.7 Å². The highest BCUT2D eigenvalue weighted by Crippen LogP contribution is 2.40. The molecule has 0 amide bonds. The summed E-state index contributed by atoms with van der Waals surface area (Å²) >= 11 is 0. The van der Waals surface area contributed by atoms with Crippen LogP contribution < -0.4 is 15.0 Å². The van der Waals surface area contributed by atoms with Gasteiger partial charge in [0, 0.05) is 55.6 Å². The highest BCUT2D eigenvalue weighted by atomic mass is 19.1. The fourth-order valence-electron chi connectivity index (χ4n) is 5.65. The maximum Gasteiger partial charge on any atom is 0.242 e. The molecule has 4 atom stereocenters. The van der Waals surface area contributed by atoms with Gasteiger partial charge < -0.3 is 15.0 Å². The van der Waals surface area contributed by atoms with E-state index in [1.54, 1.807) is 6.33 Å². The third-order valence-electron chi connectivity index (χ3n) is 7.18. The first-order valence-electron chi connectivity index (χ1n) is 11.9. The number of benzene rings is 1. The molecule has 1 aromatic carbocycles. The second kappa shape index (κ2) is 8.48. The molecule has 2 bridgehead atoms. The Morgan fingerprint density at radius 3 is 2.50 bits per heavy atom. The maximum atomic E-state index is 13.6. The van der Waals surface area contributed by atoms with Crippen LogP contribution in [0.15, 0.2) is 30.6 Å². The van der Waals surface area contributed by atoms with Gasteiger partial charge in [-0.15, -0.1) is 5.10 Å². The first-order valence-corrected chi connectivity index (χ1v) is 11.9. The number of piperidine rings is 1. The largest absolute Gasteiger partial charge is 0.482 e. The van der Waals surface area contributed by atoms with Crippen LogP contribution in [-0.2, 0) is 6.54 Å². The van der Waals surface area contributed by atoms with Crippen LogP contribution in [0.3, 0.4) is 0 Å². The third kappa shape index (κ3) is 4.05. The number of ether oxygens (including phenoxy) is 1. The zero-order chi connectivity index (χ0) is 23.2. The molecule has 0 unspecified atom stereocenters. The molecule has 34 heavy (non-hydrogen) atoms. The van der Waals surface area contributed by atoms with Gasteiger partial charge >= 0.3 is 0 Å². The van der Waals surface area contributed by atoms with Crippen LogP contribution in [0.5, 0.6) is 5.75 Å². The molecule has 0 spiro atoms. The van der Waals surface area contributed by atoms with Gasteiger partial charge in [0.25, 0.3) is 0 Å². The molecule has 2 aliphatic heterocycles. The van der Waals surface area contributed by atoms with Crippen LogP contribution in [-0.4, -0.2) is 43.9 Å². The number of anilines is 2. The molecule has 2 aromatic heterocycles. The molecule has 0 radical (unpaired) electrons. The van der Waals surface area contributed by atoms with Crippen molar-refractivity contribution in [1.82, 2.24) is 24.7 Å². The van der Waals surface area contributed by atoms with E-state index in [9.17, 15) is 8.78 Å². The number of hydrogen-bond donors (Lipinski definition) is 1. The van der Waals surface area contributed by atoms with Gasteiger partial charge in [0.15, 0.2) is 11.9 Å². The van der Waals surface area contributed by atoms with Gasteiger partial charge in [-0.2, -0.15) is 4.98 Å². The van der Waals surface area contributed by atoms with Crippen molar-refractivity contribution in [1.29, 1.82) is 0 Å². The second-order valence-electron chi connectivity index (χ2n) is 9.56. The molecule has 4 heterocycles. The lowest BCUT2D eigenvalue weighted by molar-refractivity contribution is 0.154. The van der Waals surface area contributed by atoms with Gasteiger partial charge in [-0.05, 0) is 44.4 Å². The number of nitrogens with one attached hydrogen (secondary N) is 1. The molecule has 2 fully saturated rings. The number of rotatable bonds is 5. The Balaban J connectivity index is 1.17. The van der Waals surface area contributed by atoms with E-state index in [1.165, 1.54) is 12.1 Å². The smallest absolute Gasteiger partial charge is 0.242 e. The molecule has 1 saturated carbocycles. The molecule has 6 rings (SSSR count). The summed E-state index contributed by atoms with van der Waals surface area (Å²) in [6, 6.07) is 5.58. The lowest BCUT2D eigenvalue weighted by atomic mass is 9.92. The summed E-state index contributed by atoms with van der Waals surface area (Å²) in [5, 5.41) is 8.30. The van der Waals surface area contributed by atoms with Gasteiger partial charge in [-0.25, -0.2) is 23.4 Å². The number of nitrogens with zero attached hydrogens (tertiary/aromatic N) is 6. The average molecular weight is 468 g/mol. The van der Waals surface area contributed by atoms with Crippen LogP contribution in [0.1, 0.15) is 43.3 Å². The van der Waals surface area contributed by atoms with Crippen molar-refractivity contribution >= 4 is 11.8 Å². The first kappa shape index (κ1) is 21.2. The second-order valence-corrected chi connectivity index (χ2v) is 9.56. The van der Waals surface area contributed by atoms with Crippen LogP contribution in [0, 0.1) is 30.4 Å². The Bertz CT molecular complexity index is 1170. The van der Waals surface area contributed by atoms with E-state index in [-0.39, 0.29) is 5.75 Å². The molecule has 3 aromatic rings.